The number of aromatic nitrogens is 1. The standard InChI is InChI=1S/C17H26N2O2S/c1-17(21)8-5-9-19(12-17)16(20)10-15-18-14(11-22-15)13-6-3-2-4-7-13/h11,13,21H,2-10,12H2,1H3. The molecule has 2 aliphatic rings. The molecule has 1 amide bonds. The van der Waals surface area contributed by atoms with E-state index in [0.717, 1.165) is 24.4 Å². The van der Waals surface area contributed by atoms with Crippen LogP contribution < -0.4 is 0 Å². The van der Waals surface area contributed by atoms with Crippen molar-refractivity contribution in [2.45, 2.75) is 69.8 Å². The summed E-state index contributed by atoms with van der Waals surface area (Å²) in [5.74, 6) is 0.703. The van der Waals surface area contributed by atoms with Crippen LogP contribution in [-0.2, 0) is 11.2 Å². The minimum absolute atomic E-state index is 0.101. The maximum atomic E-state index is 12.4. The fourth-order valence-electron chi connectivity index (χ4n) is 3.67. The first-order valence-electron chi connectivity index (χ1n) is 8.48. The Labute approximate surface area is 136 Å². The average Bonchev–Trinajstić information content (AvgIpc) is 2.95. The smallest absolute Gasteiger partial charge is 0.229 e. The number of rotatable bonds is 3. The van der Waals surface area contributed by atoms with E-state index in [2.05, 4.69) is 5.38 Å². The summed E-state index contributed by atoms with van der Waals surface area (Å²) in [6.45, 7) is 3.03. The SMILES string of the molecule is CC1(O)CCCN(C(=O)Cc2nc(C3CCCCC3)cs2)C1. The lowest BCUT2D eigenvalue weighted by Gasteiger charge is -2.36. The minimum Gasteiger partial charge on any atom is -0.388 e. The van der Waals surface area contributed by atoms with E-state index in [1.54, 1.807) is 16.2 Å². The van der Waals surface area contributed by atoms with Crippen molar-refractivity contribution in [2.75, 3.05) is 13.1 Å². The zero-order chi connectivity index (χ0) is 15.6. The van der Waals surface area contributed by atoms with Crippen LogP contribution in [0.5, 0.6) is 0 Å². The summed E-state index contributed by atoms with van der Waals surface area (Å²) in [6.07, 6.45) is 8.48. The third kappa shape index (κ3) is 3.87. The molecule has 1 atom stereocenters. The normalized spacial score (nSPS) is 27.1. The number of hydrogen-bond acceptors (Lipinski definition) is 4. The molecule has 1 aliphatic carbocycles. The Morgan fingerprint density at radius 1 is 1.41 bits per heavy atom. The molecule has 0 radical (unpaired) electrons. The van der Waals surface area contributed by atoms with E-state index in [4.69, 9.17) is 4.98 Å². The van der Waals surface area contributed by atoms with Crippen LogP contribution in [0, 0.1) is 0 Å². The van der Waals surface area contributed by atoms with E-state index in [1.807, 2.05) is 6.92 Å². The molecule has 3 rings (SSSR count). The maximum absolute atomic E-state index is 12.4. The van der Waals surface area contributed by atoms with Crippen LogP contribution in [0.4, 0.5) is 0 Å². The lowest BCUT2D eigenvalue weighted by Crippen LogP contribution is -2.49. The molecule has 1 N–H and O–H groups in total. The van der Waals surface area contributed by atoms with E-state index in [1.165, 1.54) is 37.8 Å². The third-order valence-electron chi connectivity index (χ3n) is 4.92. The van der Waals surface area contributed by atoms with Crippen LogP contribution >= 0.6 is 11.3 Å². The highest BCUT2D eigenvalue weighted by molar-refractivity contribution is 7.09. The molecule has 0 aromatic carbocycles. The molecular weight excluding hydrogens is 296 g/mol. The topological polar surface area (TPSA) is 53.4 Å². The fraction of sp³-hybridized carbons (Fsp3) is 0.765. The van der Waals surface area contributed by atoms with Gasteiger partial charge in [-0.25, -0.2) is 4.98 Å². The van der Waals surface area contributed by atoms with Gasteiger partial charge in [0.1, 0.15) is 5.01 Å². The van der Waals surface area contributed by atoms with E-state index in [0.29, 0.717) is 18.9 Å². The first kappa shape index (κ1) is 15.9. The van der Waals surface area contributed by atoms with Crippen molar-refractivity contribution in [1.29, 1.82) is 0 Å². The van der Waals surface area contributed by atoms with Gasteiger partial charge in [0.2, 0.25) is 5.91 Å². The molecule has 4 nitrogen and oxygen atoms in total. The number of thiazole rings is 1. The third-order valence-corrected chi connectivity index (χ3v) is 5.79. The average molecular weight is 322 g/mol. The number of β-amino-alcohol motifs (C(OH)–C–C–N with tert-alkyl or cyclic N) is 1. The van der Waals surface area contributed by atoms with Crippen molar-refractivity contribution in [3.63, 3.8) is 0 Å². The molecule has 2 fully saturated rings. The lowest BCUT2D eigenvalue weighted by molar-refractivity contribution is -0.136. The van der Waals surface area contributed by atoms with Gasteiger partial charge in [-0.15, -0.1) is 11.3 Å². The van der Waals surface area contributed by atoms with E-state index in [-0.39, 0.29) is 5.91 Å². The van der Waals surface area contributed by atoms with E-state index in [9.17, 15) is 9.90 Å². The predicted molar refractivity (Wildman–Crippen MR) is 88.1 cm³/mol. The second kappa shape index (κ2) is 6.67. The van der Waals surface area contributed by atoms with Gasteiger partial charge in [-0.05, 0) is 32.6 Å². The Balaban J connectivity index is 1.58. The van der Waals surface area contributed by atoms with Gasteiger partial charge in [0.15, 0.2) is 0 Å². The first-order valence-corrected chi connectivity index (χ1v) is 9.36. The van der Waals surface area contributed by atoms with Crippen molar-refractivity contribution in [1.82, 2.24) is 9.88 Å². The number of amides is 1. The Kier molecular flexibility index (Phi) is 4.83. The number of nitrogens with zero attached hydrogens (tertiary/aromatic N) is 2. The van der Waals surface area contributed by atoms with Crippen molar-refractivity contribution in [3.05, 3.63) is 16.1 Å². The molecule has 1 saturated heterocycles. The van der Waals surface area contributed by atoms with Gasteiger partial charge in [0.05, 0.1) is 17.7 Å². The Morgan fingerprint density at radius 2 is 2.18 bits per heavy atom. The molecule has 0 spiro atoms. The molecule has 1 unspecified atom stereocenters. The molecule has 1 aromatic heterocycles. The van der Waals surface area contributed by atoms with Crippen LogP contribution in [0.15, 0.2) is 5.38 Å². The first-order chi connectivity index (χ1) is 10.5. The second-order valence-electron chi connectivity index (χ2n) is 7.09. The predicted octanol–water partition coefficient (Wildman–Crippen LogP) is 3.11. The second-order valence-corrected chi connectivity index (χ2v) is 8.04. The largest absolute Gasteiger partial charge is 0.388 e. The molecule has 2 heterocycles. The van der Waals surface area contributed by atoms with Crippen LogP contribution in [0.25, 0.3) is 0 Å². The van der Waals surface area contributed by atoms with Gasteiger partial charge in [-0.3, -0.25) is 4.79 Å². The molecule has 122 valence electrons. The van der Waals surface area contributed by atoms with Gasteiger partial charge in [-0.1, -0.05) is 19.3 Å². The van der Waals surface area contributed by atoms with Crippen molar-refractivity contribution < 1.29 is 9.90 Å². The molecule has 0 bridgehead atoms. The number of carbonyl (C=O) groups excluding carboxylic acids is 1. The Bertz CT molecular complexity index is 520. The van der Waals surface area contributed by atoms with Crippen molar-refractivity contribution in [2.24, 2.45) is 0 Å². The summed E-state index contributed by atoms with van der Waals surface area (Å²) in [5.41, 5.74) is 0.461. The quantitative estimate of drug-likeness (QED) is 0.930. The van der Waals surface area contributed by atoms with Gasteiger partial charge < -0.3 is 10.0 Å². The molecule has 1 aromatic rings. The summed E-state index contributed by atoms with van der Waals surface area (Å²) in [7, 11) is 0. The van der Waals surface area contributed by atoms with Crippen molar-refractivity contribution in [3.8, 4) is 0 Å². The summed E-state index contributed by atoms with van der Waals surface area (Å²) >= 11 is 1.61. The van der Waals surface area contributed by atoms with Crippen LogP contribution in [0.2, 0.25) is 0 Å². The zero-order valence-corrected chi connectivity index (χ0v) is 14.2. The highest BCUT2D eigenvalue weighted by atomic mass is 32.1. The number of piperidine rings is 1. The summed E-state index contributed by atoms with van der Waals surface area (Å²) in [6, 6.07) is 0. The summed E-state index contributed by atoms with van der Waals surface area (Å²) in [4.78, 5) is 18.9. The fourth-order valence-corrected chi connectivity index (χ4v) is 4.53. The number of likely N-dealkylation sites (tertiary alicyclic amines) is 1. The molecule has 1 saturated carbocycles. The van der Waals surface area contributed by atoms with E-state index < -0.39 is 5.60 Å². The highest BCUT2D eigenvalue weighted by Gasteiger charge is 2.31. The minimum atomic E-state index is -0.732. The maximum Gasteiger partial charge on any atom is 0.229 e. The molecule has 22 heavy (non-hydrogen) atoms. The number of hydrogen-bond donors (Lipinski definition) is 1. The van der Waals surface area contributed by atoms with Crippen LogP contribution in [0.1, 0.15) is 68.5 Å². The van der Waals surface area contributed by atoms with Gasteiger partial charge >= 0.3 is 0 Å². The molecule has 5 heteroatoms. The monoisotopic (exact) mass is 322 g/mol. The number of carbonyl (C=O) groups is 1. The lowest BCUT2D eigenvalue weighted by atomic mass is 9.87. The summed E-state index contributed by atoms with van der Waals surface area (Å²) in [5, 5.41) is 13.2. The number of aliphatic hydroxyl groups is 1. The van der Waals surface area contributed by atoms with Gasteiger partial charge in [-0.2, -0.15) is 0 Å². The Morgan fingerprint density at radius 3 is 2.91 bits per heavy atom. The molecular formula is C17H26N2O2S. The summed E-state index contributed by atoms with van der Waals surface area (Å²) < 4.78 is 0. The van der Waals surface area contributed by atoms with Crippen LogP contribution in [0.3, 0.4) is 0 Å². The highest BCUT2D eigenvalue weighted by Crippen LogP contribution is 2.33. The van der Waals surface area contributed by atoms with Gasteiger partial charge in [0, 0.05) is 24.4 Å². The van der Waals surface area contributed by atoms with Gasteiger partial charge in [0.25, 0.3) is 0 Å². The van der Waals surface area contributed by atoms with Crippen LogP contribution in [-0.4, -0.2) is 39.6 Å². The van der Waals surface area contributed by atoms with E-state index >= 15 is 0 Å². The Hall–Kier alpha value is -0.940. The van der Waals surface area contributed by atoms with Crippen molar-refractivity contribution >= 4 is 17.2 Å². The molecule has 1 aliphatic heterocycles. The zero-order valence-electron chi connectivity index (χ0n) is 13.4.